The molecule has 0 aliphatic heterocycles. The average molecular weight is 771 g/mol. The molecule has 1 heterocycles. The van der Waals surface area contributed by atoms with E-state index in [2.05, 4.69) is 27.6 Å². The summed E-state index contributed by atoms with van der Waals surface area (Å²) in [5.41, 5.74) is 1.06. The Morgan fingerprint density at radius 2 is 1.41 bits per heavy atom. The Hall–Kier alpha value is -1.97. The first kappa shape index (κ1) is 42.1. The number of aromatic nitrogens is 1. The van der Waals surface area contributed by atoms with Gasteiger partial charge in [-0.15, -0.1) is 0 Å². The molecular formula is C36H59IN4O4S. The summed E-state index contributed by atoms with van der Waals surface area (Å²) >= 11 is 0. The van der Waals surface area contributed by atoms with E-state index in [9.17, 15) is 13.2 Å². The van der Waals surface area contributed by atoms with Crippen molar-refractivity contribution in [3.05, 3.63) is 42.6 Å². The van der Waals surface area contributed by atoms with Crippen molar-refractivity contribution in [1.82, 2.24) is 10.0 Å². The fourth-order valence-corrected chi connectivity index (χ4v) is 6.73. The smallest absolute Gasteiger partial charge is 0.407 e. The lowest BCUT2D eigenvalue weighted by atomic mass is 10.0. The number of pyridine rings is 1. The van der Waals surface area contributed by atoms with E-state index in [0.717, 1.165) is 23.7 Å². The van der Waals surface area contributed by atoms with Crippen LogP contribution < -0.4 is 38.6 Å². The van der Waals surface area contributed by atoms with Crippen LogP contribution in [0.15, 0.2) is 42.6 Å². The Kier molecular flexibility index (Phi) is 24.7. The van der Waals surface area contributed by atoms with Gasteiger partial charge < -0.3 is 34.0 Å². The van der Waals surface area contributed by atoms with Crippen LogP contribution in [0, 0.1) is 17.2 Å². The largest absolute Gasteiger partial charge is 1.00 e. The first-order valence-corrected chi connectivity index (χ1v) is 19.2. The van der Waals surface area contributed by atoms with Crippen LogP contribution in [0.3, 0.4) is 0 Å². The number of nitriles is 1. The third kappa shape index (κ3) is 20.3. The van der Waals surface area contributed by atoms with Gasteiger partial charge in [-0.2, -0.15) is 9.83 Å². The highest BCUT2D eigenvalue weighted by molar-refractivity contribution is 7.89. The molecule has 1 aromatic heterocycles. The number of nitrogens with one attached hydrogen (secondary N) is 2. The number of sulfonamides is 1. The molecule has 0 saturated heterocycles. The number of aryl methyl sites for hydroxylation is 1. The molecule has 2 N–H and O–H groups in total. The lowest BCUT2D eigenvalue weighted by Crippen LogP contribution is -3.00. The van der Waals surface area contributed by atoms with Crippen molar-refractivity contribution in [1.29, 1.82) is 5.26 Å². The third-order valence-electron chi connectivity index (χ3n) is 8.32. The molecule has 0 spiro atoms. The molecule has 2 rings (SSSR count). The number of rotatable bonds is 27. The van der Waals surface area contributed by atoms with Gasteiger partial charge in [0, 0.05) is 49.4 Å². The highest BCUT2D eigenvalue weighted by Crippen LogP contribution is 2.14. The number of unbranched alkanes of at least 4 members (excludes halogenated alkanes) is 15. The molecule has 0 bridgehead atoms. The van der Waals surface area contributed by atoms with Gasteiger partial charge in [0.1, 0.15) is 6.54 Å². The molecule has 0 fully saturated rings. The standard InChI is InChI=1S/C36H58N4O4S.HI/c1-2-3-4-5-6-7-8-9-10-11-12-13-14-15-16-19-27-38-36(41)44-32-33(25-26-37)31-39-45(42,43)30-21-29-40-28-20-23-34-22-17-18-24-35(34)40;/h17-18,20,22-24,28,33,39H,2-16,19,21,25,27,29-32H2,1H3;1H. The minimum atomic E-state index is -3.53. The fourth-order valence-electron chi connectivity index (χ4n) is 5.59. The van der Waals surface area contributed by atoms with Crippen LogP contribution in [-0.4, -0.2) is 40.0 Å². The summed E-state index contributed by atoms with van der Waals surface area (Å²) in [6.07, 6.45) is 22.9. The van der Waals surface area contributed by atoms with Crippen LogP contribution >= 0.6 is 0 Å². The number of alkyl carbamates (subject to hydrolysis) is 1. The fraction of sp³-hybridized carbons (Fsp3) is 0.694. The maximum Gasteiger partial charge on any atom is 0.407 e. The Morgan fingerprint density at radius 1 is 0.848 bits per heavy atom. The predicted octanol–water partition coefficient (Wildman–Crippen LogP) is 4.96. The van der Waals surface area contributed by atoms with E-state index < -0.39 is 22.0 Å². The second-order valence-corrected chi connectivity index (χ2v) is 14.3. The van der Waals surface area contributed by atoms with Crippen molar-refractivity contribution in [2.45, 2.75) is 129 Å². The van der Waals surface area contributed by atoms with Gasteiger partial charge in [0.15, 0.2) is 6.20 Å². The number of fused-ring (bicyclic) bond motifs is 1. The molecule has 1 atom stereocenters. The summed E-state index contributed by atoms with van der Waals surface area (Å²) in [6, 6.07) is 14.1. The van der Waals surface area contributed by atoms with E-state index in [0.29, 0.717) is 19.5 Å². The number of nitrogens with zero attached hydrogens (tertiary/aromatic N) is 2. The molecule has 10 heteroatoms. The highest BCUT2D eigenvalue weighted by atomic mass is 127. The van der Waals surface area contributed by atoms with Gasteiger partial charge in [0.05, 0.1) is 18.4 Å². The summed E-state index contributed by atoms with van der Waals surface area (Å²) in [5.74, 6) is -0.429. The van der Waals surface area contributed by atoms with E-state index >= 15 is 0 Å². The summed E-state index contributed by atoms with van der Waals surface area (Å²) in [5, 5.41) is 13.0. The average Bonchev–Trinajstić information content (AvgIpc) is 3.04. The topological polar surface area (TPSA) is 112 Å². The van der Waals surface area contributed by atoms with Gasteiger partial charge in [-0.25, -0.2) is 17.9 Å². The van der Waals surface area contributed by atoms with Crippen molar-refractivity contribution in [2.75, 3.05) is 25.4 Å². The first-order chi connectivity index (χ1) is 21.9. The van der Waals surface area contributed by atoms with Crippen molar-refractivity contribution in [3.8, 4) is 6.07 Å². The SMILES string of the molecule is CCCCCCCCCCCCCCCCCCNC(=O)OCC(CC#N)CNS(=O)(=O)CCC[n+]1cccc2ccccc21.[I-]. The monoisotopic (exact) mass is 770 g/mol. The molecule has 260 valence electrons. The van der Waals surface area contributed by atoms with Gasteiger partial charge in [-0.3, -0.25) is 0 Å². The van der Waals surface area contributed by atoms with E-state index in [1.54, 1.807) is 0 Å². The van der Waals surface area contributed by atoms with Crippen LogP contribution in [-0.2, 0) is 21.3 Å². The van der Waals surface area contributed by atoms with Crippen molar-refractivity contribution >= 4 is 27.0 Å². The maximum atomic E-state index is 12.6. The van der Waals surface area contributed by atoms with E-state index in [1.165, 1.54) is 89.9 Å². The van der Waals surface area contributed by atoms with Gasteiger partial charge in [0.2, 0.25) is 15.5 Å². The van der Waals surface area contributed by atoms with Gasteiger partial charge in [-0.1, -0.05) is 115 Å². The predicted molar refractivity (Wildman–Crippen MR) is 183 cm³/mol. The summed E-state index contributed by atoms with van der Waals surface area (Å²) < 4.78 is 35.1. The number of benzene rings is 1. The highest BCUT2D eigenvalue weighted by Gasteiger charge is 2.18. The van der Waals surface area contributed by atoms with Gasteiger partial charge >= 0.3 is 6.09 Å². The zero-order valence-corrected chi connectivity index (χ0v) is 31.2. The number of hydrogen-bond donors (Lipinski definition) is 2. The van der Waals surface area contributed by atoms with Crippen molar-refractivity contribution in [3.63, 3.8) is 0 Å². The zero-order chi connectivity index (χ0) is 32.4. The Bertz CT molecular complexity index is 1220. The van der Waals surface area contributed by atoms with Crippen LogP contribution in [0.2, 0.25) is 0 Å². The summed E-state index contributed by atoms with van der Waals surface area (Å²) in [7, 11) is -3.53. The molecule has 1 amide bonds. The number of carbonyl (C=O) groups is 1. The minimum Gasteiger partial charge on any atom is -1.00 e. The van der Waals surface area contributed by atoms with E-state index in [4.69, 9.17) is 10.00 Å². The van der Waals surface area contributed by atoms with E-state index in [-0.39, 0.29) is 49.3 Å². The second-order valence-electron chi connectivity index (χ2n) is 12.3. The molecular weight excluding hydrogens is 711 g/mol. The Morgan fingerprint density at radius 3 is 2.02 bits per heavy atom. The molecule has 8 nitrogen and oxygen atoms in total. The number of hydrogen-bond acceptors (Lipinski definition) is 5. The molecule has 0 aliphatic carbocycles. The molecule has 0 saturated carbocycles. The van der Waals surface area contributed by atoms with Gasteiger partial charge in [-0.05, 0) is 18.6 Å². The third-order valence-corrected chi connectivity index (χ3v) is 9.75. The number of para-hydroxylation sites is 1. The zero-order valence-electron chi connectivity index (χ0n) is 28.2. The molecule has 1 aromatic carbocycles. The van der Waals surface area contributed by atoms with Crippen LogP contribution in [0.1, 0.15) is 122 Å². The van der Waals surface area contributed by atoms with Crippen LogP contribution in [0.5, 0.6) is 0 Å². The quantitative estimate of drug-likeness (QED) is 0.0759. The second kappa shape index (κ2) is 27.0. The Labute approximate surface area is 296 Å². The number of carbonyl (C=O) groups excluding carboxylic acids is 1. The van der Waals surface area contributed by atoms with Crippen LogP contribution in [0.4, 0.5) is 4.79 Å². The summed E-state index contributed by atoms with van der Waals surface area (Å²) in [4.78, 5) is 12.1. The molecule has 2 aromatic rings. The lowest BCUT2D eigenvalue weighted by Gasteiger charge is -2.15. The van der Waals surface area contributed by atoms with Crippen LogP contribution in [0.25, 0.3) is 10.9 Å². The van der Waals surface area contributed by atoms with Gasteiger partial charge in [0.25, 0.3) is 0 Å². The van der Waals surface area contributed by atoms with Crippen molar-refractivity contribution in [2.24, 2.45) is 5.92 Å². The normalized spacial score (nSPS) is 11.9. The molecule has 1 unspecified atom stereocenters. The van der Waals surface area contributed by atoms with Crippen molar-refractivity contribution < 1.29 is 46.5 Å². The first-order valence-electron chi connectivity index (χ1n) is 17.6. The summed E-state index contributed by atoms with van der Waals surface area (Å²) in [6.45, 7) is 3.45. The molecule has 46 heavy (non-hydrogen) atoms. The Balaban J connectivity index is 0.0000106. The number of ether oxygens (including phenoxy) is 1. The minimum absolute atomic E-state index is 0. The maximum absolute atomic E-state index is 12.6. The molecule has 0 aliphatic rings. The number of halogens is 1. The lowest BCUT2D eigenvalue weighted by molar-refractivity contribution is -0.671. The number of amides is 1. The molecule has 0 radical (unpaired) electrons. The van der Waals surface area contributed by atoms with E-state index in [1.807, 2.05) is 42.6 Å².